The monoisotopic (exact) mass is 273 g/mol. The van der Waals surface area contributed by atoms with E-state index in [0.29, 0.717) is 4.66 Å². The van der Waals surface area contributed by atoms with Gasteiger partial charge in [-0.1, -0.05) is 0 Å². The van der Waals surface area contributed by atoms with Crippen LogP contribution in [0.5, 0.6) is 0 Å². The molecule has 0 aliphatic rings. The van der Waals surface area contributed by atoms with Gasteiger partial charge in [-0.15, -0.1) is 12.4 Å². The van der Waals surface area contributed by atoms with Gasteiger partial charge in [0, 0.05) is 0 Å². The number of fused-ring (bicyclic) bond motifs is 3. The van der Waals surface area contributed by atoms with Crippen molar-refractivity contribution >= 4 is 38.9 Å². The first-order chi connectivity index (χ1) is 7.34. The average molecular weight is 274 g/mol. The number of pyridine rings is 2. The predicted octanol–water partition coefficient (Wildman–Crippen LogP) is 2.38. The average Bonchev–Trinajstić information content (AvgIpc) is 2.29. The zero-order valence-corrected chi connectivity index (χ0v) is 9.96. The van der Waals surface area contributed by atoms with Crippen LogP contribution >= 0.6 is 12.4 Å². The van der Waals surface area contributed by atoms with E-state index in [1.165, 1.54) is 0 Å². The van der Waals surface area contributed by atoms with Crippen LogP contribution in [-0.2, 0) is 15.5 Å². The standard InChI is InChI=1S/C12H7N2.ClH.Ni/c1-3-9-5-6-11-10(4-2-7-13-11)12(9)14-8-1;;/h1-7H;1H;. The van der Waals surface area contributed by atoms with Crippen molar-refractivity contribution in [2.45, 2.75) is 0 Å². The first kappa shape index (κ1) is 11.3. The fraction of sp³-hybridized carbons (Fsp3) is 0. The van der Waals surface area contributed by atoms with Gasteiger partial charge in [-0.05, 0) is 0 Å². The van der Waals surface area contributed by atoms with E-state index in [-0.39, 0.29) is 12.4 Å². The second-order valence-corrected chi connectivity index (χ2v) is 3.82. The number of hydrogen-bond acceptors (Lipinski definition) is 2. The number of rotatable bonds is 0. The van der Waals surface area contributed by atoms with Crippen LogP contribution in [0.4, 0.5) is 0 Å². The molecule has 0 saturated heterocycles. The molecule has 0 radical (unpaired) electrons. The molecule has 0 fully saturated rings. The number of benzene rings is 1. The van der Waals surface area contributed by atoms with Gasteiger partial charge in [-0.3, -0.25) is 0 Å². The minimum absolute atomic E-state index is 0. The van der Waals surface area contributed by atoms with Gasteiger partial charge < -0.3 is 0 Å². The summed E-state index contributed by atoms with van der Waals surface area (Å²) in [7, 11) is 0. The fourth-order valence-corrected chi connectivity index (χ4v) is 1.90. The molecule has 3 aromatic rings. The van der Waals surface area contributed by atoms with Gasteiger partial charge in [-0.2, -0.15) is 0 Å². The van der Waals surface area contributed by atoms with Crippen molar-refractivity contribution in [2.24, 2.45) is 0 Å². The molecule has 2 aromatic heterocycles. The molecule has 0 aliphatic heterocycles. The maximum absolute atomic E-state index is 4.76. The zero-order valence-electron chi connectivity index (χ0n) is 8.16. The molecule has 0 bridgehead atoms. The normalized spacial score (nSPS) is 10.4. The van der Waals surface area contributed by atoms with E-state index in [4.69, 9.17) is 15.5 Å². The third-order valence-corrected chi connectivity index (χ3v) is 2.66. The van der Waals surface area contributed by atoms with Crippen LogP contribution in [0.15, 0.2) is 42.6 Å². The second kappa shape index (κ2) is 4.36. The first-order valence-electron chi connectivity index (χ1n) is 4.61. The Bertz CT molecular complexity index is 655. The Labute approximate surface area is 107 Å². The molecule has 0 unspecified atom stereocenters. The Morgan fingerprint density at radius 1 is 1.00 bits per heavy atom. The molecule has 83 valence electrons. The molecule has 2 nitrogen and oxygen atoms in total. The van der Waals surface area contributed by atoms with E-state index < -0.39 is 0 Å². The molecule has 0 N–H and O–H groups in total. The SMILES string of the molecule is Cl.[Ni][c]1ccc2ccc3ncccc3c2n1. The molecule has 1 aromatic carbocycles. The van der Waals surface area contributed by atoms with Crippen molar-refractivity contribution in [3.05, 3.63) is 42.6 Å². The molecule has 0 spiro atoms. The topological polar surface area (TPSA) is 25.8 Å². The molecule has 16 heavy (non-hydrogen) atoms. The van der Waals surface area contributed by atoms with Crippen LogP contribution in [0, 0.1) is 0 Å². The van der Waals surface area contributed by atoms with Gasteiger partial charge in [0.2, 0.25) is 0 Å². The molecule has 3 rings (SSSR count). The number of halogens is 1. The van der Waals surface area contributed by atoms with Crippen LogP contribution < -0.4 is 4.66 Å². The Morgan fingerprint density at radius 3 is 2.69 bits per heavy atom. The number of hydrogen-bond donors (Lipinski definition) is 0. The third kappa shape index (κ3) is 1.77. The number of nitrogens with zero attached hydrogens (tertiary/aromatic N) is 2. The Balaban J connectivity index is 0.000000963. The predicted molar refractivity (Wildman–Crippen MR) is 63.9 cm³/mol. The summed E-state index contributed by atoms with van der Waals surface area (Å²) in [4.78, 5) is 8.69. The summed E-state index contributed by atoms with van der Waals surface area (Å²) >= 11 is 4.76. The van der Waals surface area contributed by atoms with Gasteiger partial charge in [0.15, 0.2) is 0 Å². The molecular formula is C12H8ClN2Ni. The molecule has 0 atom stereocenters. The molecule has 0 saturated carbocycles. The summed E-state index contributed by atoms with van der Waals surface area (Å²) in [6.07, 6.45) is 1.79. The van der Waals surface area contributed by atoms with Crippen LogP contribution in [0.1, 0.15) is 0 Å². The van der Waals surface area contributed by atoms with Gasteiger partial charge >= 0.3 is 94.5 Å². The van der Waals surface area contributed by atoms with E-state index in [1.54, 1.807) is 6.20 Å². The van der Waals surface area contributed by atoms with Crippen LogP contribution in [0.25, 0.3) is 21.8 Å². The van der Waals surface area contributed by atoms with Crippen molar-refractivity contribution in [1.29, 1.82) is 0 Å². The van der Waals surface area contributed by atoms with Gasteiger partial charge in [0.25, 0.3) is 0 Å². The zero-order chi connectivity index (χ0) is 10.3. The van der Waals surface area contributed by atoms with Crippen LogP contribution in [0.3, 0.4) is 0 Å². The van der Waals surface area contributed by atoms with Crippen molar-refractivity contribution in [2.75, 3.05) is 0 Å². The van der Waals surface area contributed by atoms with Crippen LogP contribution in [0.2, 0.25) is 0 Å². The van der Waals surface area contributed by atoms with Crippen molar-refractivity contribution in [3.8, 4) is 0 Å². The van der Waals surface area contributed by atoms with Crippen LogP contribution in [-0.4, -0.2) is 9.97 Å². The summed E-state index contributed by atoms with van der Waals surface area (Å²) < 4.78 is 0.666. The van der Waals surface area contributed by atoms with E-state index in [1.807, 2.05) is 36.4 Å². The van der Waals surface area contributed by atoms with E-state index in [0.717, 1.165) is 21.8 Å². The summed E-state index contributed by atoms with van der Waals surface area (Å²) in [6, 6.07) is 11.8. The summed E-state index contributed by atoms with van der Waals surface area (Å²) in [6.45, 7) is 0. The quantitative estimate of drug-likeness (QED) is 0.464. The van der Waals surface area contributed by atoms with Gasteiger partial charge in [0.05, 0.1) is 0 Å². The maximum atomic E-state index is 4.76. The fourth-order valence-electron chi connectivity index (χ4n) is 1.70. The Hall–Kier alpha value is -1.18. The van der Waals surface area contributed by atoms with E-state index in [2.05, 4.69) is 9.97 Å². The van der Waals surface area contributed by atoms with Gasteiger partial charge in [0.1, 0.15) is 0 Å². The molecule has 0 aliphatic carbocycles. The minimum atomic E-state index is 0. The Kier molecular flexibility index (Phi) is 3.09. The van der Waals surface area contributed by atoms with Gasteiger partial charge in [-0.25, -0.2) is 0 Å². The van der Waals surface area contributed by atoms with E-state index >= 15 is 0 Å². The van der Waals surface area contributed by atoms with Crippen molar-refractivity contribution in [1.82, 2.24) is 9.97 Å². The molecule has 4 heteroatoms. The molecule has 0 amide bonds. The second-order valence-electron chi connectivity index (χ2n) is 3.31. The number of aromatic nitrogens is 2. The third-order valence-electron chi connectivity index (χ3n) is 2.39. The molecule has 2 heterocycles. The molecular weight excluding hydrogens is 266 g/mol. The summed E-state index contributed by atoms with van der Waals surface area (Å²) in [5, 5.41) is 2.17. The summed E-state index contributed by atoms with van der Waals surface area (Å²) in [5.74, 6) is 0. The van der Waals surface area contributed by atoms with Crippen molar-refractivity contribution < 1.29 is 15.5 Å². The van der Waals surface area contributed by atoms with E-state index in [9.17, 15) is 0 Å². The Morgan fingerprint density at radius 2 is 1.81 bits per heavy atom. The first-order valence-corrected chi connectivity index (χ1v) is 5.11. The van der Waals surface area contributed by atoms with Crippen molar-refractivity contribution in [3.63, 3.8) is 0 Å². The summed E-state index contributed by atoms with van der Waals surface area (Å²) in [5.41, 5.74) is 1.91.